The lowest BCUT2D eigenvalue weighted by atomic mass is 10.2. The summed E-state index contributed by atoms with van der Waals surface area (Å²) in [5, 5.41) is 10.6. The van der Waals surface area contributed by atoms with Gasteiger partial charge in [0.2, 0.25) is 5.95 Å². The second kappa shape index (κ2) is 4.65. The maximum absolute atomic E-state index is 10.6. The summed E-state index contributed by atoms with van der Waals surface area (Å²) in [4.78, 5) is 14.5. The van der Waals surface area contributed by atoms with Crippen LogP contribution in [0.5, 0.6) is 0 Å². The smallest absolute Gasteiger partial charge is 0.269 e. The van der Waals surface area contributed by atoms with Crippen LogP contribution in [0.1, 0.15) is 5.56 Å². The summed E-state index contributed by atoms with van der Waals surface area (Å²) in [6.07, 6.45) is 0. The van der Waals surface area contributed by atoms with Crippen molar-refractivity contribution < 1.29 is 4.92 Å². The van der Waals surface area contributed by atoms with E-state index in [0.717, 1.165) is 16.6 Å². The standard InChI is InChI=1S/C14H12N4O2/c15-14-16-12-3-1-2-4-13(12)17(14)9-10-5-7-11(8-6-10)18(19)20/h1-8H,9H2,(H2,15,16). The maximum atomic E-state index is 10.6. The Bertz CT molecular complexity index is 777. The van der Waals surface area contributed by atoms with Crippen molar-refractivity contribution in [1.82, 2.24) is 9.55 Å². The Morgan fingerprint density at radius 3 is 2.55 bits per heavy atom. The van der Waals surface area contributed by atoms with Gasteiger partial charge in [0.05, 0.1) is 22.5 Å². The molecule has 2 aromatic carbocycles. The molecule has 0 saturated heterocycles. The van der Waals surface area contributed by atoms with Gasteiger partial charge in [0.25, 0.3) is 5.69 Å². The Hall–Kier alpha value is -2.89. The van der Waals surface area contributed by atoms with Gasteiger partial charge in [-0.15, -0.1) is 0 Å². The fourth-order valence-electron chi connectivity index (χ4n) is 2.17. The predicted octanol–water partition coefficient (Wildman–Crippen LogP) is 2.58. The second-order valence-electron chi connectivity index (χ2n) is 4.47. The molecule has 3 aromatic rings. The number of imidazole rings is 1. The first kappa shape index (κ1) is 12.2. The van der Waals surface area contributed by atoms with Crippen LogP contribution in [0, 0.1) is 10.1 Å². The molecular formula is C14H12N4O2. The number of fused-ring (bicyclic) bond motifs is 1. The maximum Gasteiger partial charge on any atom is 0.269 e. The van der Waals surface area contributed by atoms with Crippen LogP contribution in [0.4, 0.5) is 11.6 Å². The van der Waals surface area contributed by atoms with Gasteiger partial charge in [0, 0.05) is 12.1 Å². The Kier molecular flexibility index (Phi) is 2.83. The summed E-state index contributed by atoms with van der Waals surface area (Å²) in [6.45, 7) is 0.532. The number of nitro groups is 1. The zero-order valence-electron chi connectivity index (χ0n) is 10.6. The fraction of sp³-hybridized carbons (Fsp3) is 0.0714. The molecule has 0 fully saturated rings. The van der Waals surface area contributed by atoms with Gasteiger partial charge in [0.1, 0.15) is 0 Å². The molecule has 0 bridgehead atoms. The molecule has 100 valence electrons. The molecule has 0 saturated carbocycles. The molecular weight excluding hydrogens is 256 g/mol. The Morgan fingerprint density at radius 1 is 1.15 bits per heavy atom. The molecule has 6 nitrogen and oxygen atoms in total. The zero-order valence-corrected chi connectivity index (χ0v) is 10.6. The number of non-ortho nitro benzene ring substituents is 1. The van der Waals surface area contributed by atoms with Crippen LogP contribution in [0.3, 0.4) is 0 Å². The molecule has 0 radical (unpaired) electrons. The van der Waals surface area contributed by atoms with Crippen molar-refractivity contribution in [2.45, 2.75) is 6.54 Å². The van der Waals surface area contributed by atoms with Crippen LogP contribution in [0.15, 0.2) is 48.5 Å². The number of nitrogens with two attached hydrogens (primary N) is 1. The van der Waals surface area contributed by atoms with E-state index in [-0.39, 0.29) is 5.69 Å². The molecule has 0 aliphatic heterocycles. The summed E-state index contributed by atoms with van der Waals surface area (Å²) in [6, 6.07) is 14.1. The minimum Gasteiger partial charge on any atom is -0.369 e. The number of nitro benzene ring substituents is 1. The number of aromatic nitrogens is 2. The first-order valence-corrected chi connectivity index (χ1v) is 6.09. The van der Waals surface area contributed by atoms with Crippen LogP contribution in [-0.2, 0) is 6.54 Å². The molecule has 0 unspecified atom stereocenters. The zero-order chi connectivity index (χ0) is 14.1. The van der Waals surface area contributed by atoms with Gasteiger partial charge in [-0.05, 0) is 17.7 Å². The molecule has 1 heterocycles. The molecule has 3 rings (SSSR count). The van der Waals surface area contributed by atoms with Gasteiger partial charge in [-0.1, -0.05) is 24.3 Å². The van der Waals surface area contributed by atoms with Gasteiger partial charge in [-0.25, -0.2) is 4.98 Å². The minimum atomic E-state index is -0.412. The van der Waals surface area contributed by atoms with Crippen molar-refractivity contribution in [3.63, 3.8) is 0 Å². The monoisotopic (exact) mass is 268 g/mol. The quantitative estimate of drug-likeness (QED) is 0.584. The van der Waals surface area contributed by atoms with Crippen molar-refractivity contribution in [3.05, 3.63) is 64.2 Å². The highest BCUT2D eigenvalue weighted by Crippen LogP contribution is 2.20. The number of nitrogen functional groups attached to an aromatic ring is 1. The van der Waals surface area contributed by atoms with E-state index in [1.807, 2.05) is 28.8 Å². The highest BCUT2D eigenvalue weighted by molar-refractivity contribution is 5.78. The predicted molar refractivity (Wildman–Crippen MR) is 76.3 cm³/mol. The number of para-hydroxylation sites is 2. The number of rotatable bonds is 3. The van der Waals surface area contributed by atoms with Crippen molar-refractivity contribution >= 4 is 22.7 Å². The average Bonchev–Trinajstić information content (AvgIpc) is 2.76. The molecule has 1 aromatic heterocycles. The van der Waals surface area contributed by atoms with Gasteiger partial charge in [-0.2, -0.15) is 0 Å². The van der Waals surface area contributed by atoms with Crippen LogP contribution >= 0.6 is 0 Å². The Morgan fingerprint density at radius 2 is 1.85 bits per heavy atom. The largest absolute Gasteiger partial charge is 0.369 e. The molecule has 2 N–H and O–H groups in total. The molecule has 0 amide bonds. The Balaban J connectivity index is 1.96. The van der Waals surface area contributed by atoms with Gasteiger partial charge in [-0.3, -0.25) is 10.1 Å². The van der Waals surface area contributed by atoms with Crippen LogP contribution in [0.2, 0.25) is 0 Å². The number of anilines is 1. The lowest BCUT2D eigenvalue weighted by Crippen LogP contribution is -2.04. The van der Waals surface area contributed by atoms with E-state index in [2.05, 4.69) is 4.98 Å². The lowest BCUT2D eigenvalue weighted by Gasteiger charge is -2.06. The molecule has 0 spiro atoms. The minimum absolute atomic E-state index is 0.0808. The summed E-state index contributed by atoms with van der Waals surface area (Å²) in [7, 11) is 0. The highest BCUT2D eigenvalue weighted by atomic mass is 16.6. The molecule has 0 aliphatic rings. The number of hydrogen-bond acceptors (Lipinski definition) is 4. The first-order chi connectivity index (χ1) is 9.65. The topological polar surface area (TPSA) is 87.0 Å². The highest BCUT2D eigenvalue weighted by Gasteiger charge is 2.09. The van der Waals surface area contributed by atoms with Crippen molar-refractivity contribution in [2.75, 3.05) is 5.73 Å². The molecule has 6 heteroatoms. The first-order valence-electron chi connectivity index (χ1n) is 6.09. The van der Waals surface area contributed by atoms with E-state index in [9.17, 15) is 10.1 Å². The fourth-order valence-corrected chi connectivity index (χ4v) is 2.17. The van der Waals surface area contributed by atoms with E-state index >= 15 is 0 Å². The third kappa shape index (κ3) is 2.07. The van der Waals surface area contributed by atoms with E-state index in [0.29, 0.717) is 12.5 Å². The van der Waals surface area contributed by atoms with E-state index in [1.165, 1.54) is 12.1 Å². The number of benzene rings is 2. The van der Waals surface area contributed by atoms with Crippen molar-refractivity contribution in [1.29, 1.82) is 0 Å². The summed E-state index contributed by atoms with van der Waals surface area (Å²) >= 11 is 0. The SMILES string of the molecule is Nc1nc2ccccc2n1Cc1ccc([N+](=O)[O-])cc1. The van der Waals surface area contributed by atoms with Crippen molar-refractivity contribution in [3.8, 4) is 0 Å². The van der Waals surface area contributed by atoms with Crippen LogP contribution in [0.25, 0.3) is 11.0 Å². The van der Waals surface area contributed by atoms with Gasteiger partial charge in [0.15, 0.2) is 0 Å². The van der Waals surface area contributed by atoms with Crippen LogP contribution in [-0.4, -0.2) is 14.5 Å². The summed E-state index contributed by atoms with van der Waals surface area (Å²) in [5.41, 5.74) is 8.73. The third-order valence-electron chi connectivity index (χ3n) is 3.17. The normalized spacial score (nSPS) is 10.8. The Labute approximate surface area is 114 Å². The van der Waals surface area contributed by atoms with Crippen LogP contribution < -0.4 is 5.73 Å². The molecule has 0 atom stereocenters. The van der Waals surface area contributed by atoms with Gasteiger partial charge >= 0.3 is 0 Å². The lowest BCUT2D eigenvalue weighted by molar-refractivity contribution is -0.384. The van der Waals surface area contributed by atoms with E-state index in [1.54, 1.807) is 12.1 Å². The van der Waals surface area contributed by atoms with Gasteiger partial charge < -0.3 is 10.3 Å². The summed E-state index contributed by atoms with van der Waals surface area (Å²) < 4.78 is 1.89. The van der Waals surface area contributed by atoms with E-state index in [4.69, 9.17) is 5.73 Å². The second-order valence-corrected chi connectivity index (χ2v) is 4.47. The van der Waals surface area contributed by atoms with Crippen molar-refractivity contribution in [2.24, 2.45) is 0 Å². The average molecular weight is 268 g/mol. The summed E-state index contributed by atoms with van der Waals surface area (Å²) in [5.74, 6) is 0.435. The van der Waals surface area contributed by atoms with E-state index < -0.39 is 4.92 Å². The number of hydrogen-bond donors (Lipinski definition) is 1. The molecule has 20 heavy (non-hydrogen) atoms. The molecule has 0 aliphatic carbocycles. The third-order valence-corrected chi connectivity index (χ3v) is 3.17. The number of nitrogens with zero attached hydrogens (tertiary/aromatic N) is 3.